The summed E-state index contributed by atoms with van der Waals surface area (Å²) in [6, 6.07) is 7.80. The molecule has 0 amide bonds. The molecule has 102 valence electrons. The Morgan fingerprint density at radius 2 is 2.16 bits per heavy atom. The fourth-order valence-corrected chi connectivity index (χ4v) is 2.07. The van der Waals surface area contributed by atoms with E-state index in [9.17, 15) is 0 Å². The van der Waals surface area contributed by atoms with Crippen molar-refractivity contribution in [1.29, 1.82) is 0 Å². The molecule has 2 aromatic rings. The number of benzene rings is 1. The van der Waals surface area contributed by atoms with Crippen LogP contribution in [0.15, 0.2) is 30.5 Å². The predicted molar refractivity (Wildman–Crippen MR) is 77.6 cm³/mol. The van der Waals surface area contributed by atoms with E-state index in [1.807, 2.05) is 37.4 Å². The number of aromatic nitrogens is 2. The number of nitrogens with one attached hydrogen (secondary N) is 1. The summed E-state index contributed by atoms with van der Waals surface area (Å²) in [5, 5.41) is 4.08. The molecule has 0 saturated carbocycles. The lowest BCUT2D eigenvalue weighted by atomic mass is 10.2. The van der Waals surface area contributed by atoms with E-state index in [1.165, 1.54) is 0 Å². The van der Waals surface area contributed by atoms with E-state index in [2.05, 4.69) is 14.9 Å². The summed E-state index contributed by atoms with van der Waals surface area (Å²) in [7, 11) is 1.70. The molecule has 19 heavy (non-hydrogen) atoms. The van der Waals surface area contributed by atoms with E-state index in [0.717, 1.165) is 28.8 Å². The first kappa shape index (κ1) is 13.9. The van der Waals surface area contributed by atoms with Crippen LogP contribution in [-0.2, 0) is 17.8 Å². The highest BCUT2D eigenvalue weighted by Gasteiger charge is 2.06. The molecule has 5 heteroatoms. The summed E-state index contributed by atoms with van der Waals surface area (Å²) >= 11 is 6.13. The Kier molecular flexibility index (Phi) is 4.82. The molecule has 0 aliphatic heterocycles. The Balaban J connectivity index is 2.05. The summed E-state index contributed by atoms with van der Waals surface area (Å²) in [6.45, 7) is 4.08. The summed E-state index contributed by atoms with van der Waals surface area (Å²) in [5.41, 5.74) is 2.04. The zero-order valence-corrected chi connectivity index (χ0v) is 11.9. The van der Waals surface area contributed by atoms with Crippen molar-refractivity contribution >= 4 is 17.5 Å². The number of hydrogen-bond acceptors (Lipinski definition) is 3. The van der Waals surface area contributed by atoms with E-state index in [-0.39, 0.29) is 0 Å². The van der Waals surface area contributed by atoms with Crippen molar-refractivity contribution in [2.45, 2.75) is 20.0 Å². The standard InChI is InChI=1S/C14H18ClN3O/c1-11-10-18(7-8-19-2)14(17-11)16-9-12-5-3-4-6-13(12)15/h3-6,10H,7-9H2,1-2H3,(H,16,17). The number of ether oxygens (including phenoxy) is 1. The summed E-state index contributed by atoms with van der Waals surface area (Å²) in [6.07, 6.45) is 2.01. The molecule has 0 atom stereocenters. The van der Waals surface area contributed by atoms with E-state index < -0.39 is 0 Å². The second-order valence-corrected chi connectivity index (χ2v) is 4.74. The van der Waals surface area contributed by atoms with Crippen LogP contribution in [0.2, 0.25) is 5.02 Å². The average molecular weight is 280 g/mol. The second-order valence-electron chi connectivity index (χ2n) is 4.34. The van der Waals surface area contributed by atoms with Crippen molar-refractivity contribution in [2.24, 2.45) is 0 Å². The molecule has 1 N–H and O–H groups in total. The van der Waals surface area contributed by atoms with Gasteiger partial charge in [-0.1, -0.05) is 29.8 Å². The lowest BCUT2D eigenvalue weighted by molar-refractivity contribution is 0.187. The molecule has 4 nitrogen and oxygen atoms in total. The maximum absolute atomic E-state index is 6.13. The van der Waals surface area contributed by atoms with Crippen molar-refractivity contribution in [3.63, 3.8) is 0 Å². The molecule has 2 rings (SSSR count). The highest BCUT2D eigenvalue weighted by atomic mass is 35.5. The van der Waals surface area contributed by atoms with Crippen molar-refractivity contribution < 1.29 is 4.74 Å². The van der Waals surface area contributed by atoms with Crippen LogP contribution in [-0.4, -0.2) is 23.3 Å². The Morgan fingerprint density at radius 1 is 1.37 bits per heavy atom. The van der Waals surface area contributed by atoms with E-state index >= 15 is 0 Å². The molecule has 0 radical (unpaired) electrons. The minimum Gasteiger partial charge on any atom is -0.383 e. The lowest BCUT2D eigenvalue weighted by Gasteiger charge is -2.10. The fourth-order valence-electron chi connectivity index (χ4n) is 1.86. The number of anilines is 1. The highest BCUT2D eigenvalue weighted by molar-refractivity contribution is 6.31. The van der Waals surface area contributed by atoms with Crippen molar-refractivity contribution in [1.82, 2.24) is 9.55 Å². The van der Waals surface area contributed by atoms with E-state index in [1.54, 1.807) is 7.11 Å². The topological polar surface area (TPSA) is 39.1 Å². The fraction of sp³-hybridized carbons (Fsp3) is 0.357. The number of aryl methyl sites for hydroxylation is 1. The molecule has 1 aromatic carbocycles. The Morgan fingerprint density at radius 3 is 2.89 bits per heavy atom. The first-order valence-corrected chi connectivity index (χ1v) is 6.58. The number of rotatable bonds is 6. The van der Waals surface area contributed by atoms with Crippen LogP contribution < -0.4 is 5.32 Å². The maximum atomic E-state index is 6.13. The number of halogens is 1. The van der Waals surface area contributed by atoms with Gasteiger partial charge in [-0.15, -0.1) is 0 Å². The van der Waals surface area contributed by atoms with Gasteiger partial charge in [0, 0.05) is 31.4 Å². The van der Waals surface area contributed by atoms with Gasteiger partial charge in [0.05, 0.1) is 12.3 Å². The average Bonchev–Trinajstić information content (AvgIpc) is 2.76. The second kappa shape index (κ2) is 6.59. The molecular formula is C14H18ClN3O. The van der Waals surface area contributed by atoms with Crippen LogP contribution in [0, 0.1) is 6.92 Å². The first-order chi connectivity index (χ1) is 9.20. The Hall–Kier alpha value is -1.52. The minimum absolute atomic E-state index is 0.656. The number of hydrogen-bond donors (Lipinski definition) is 1. The number of nitrogens with zero attached hydrogens (tertiary/aromatic N) is 2. The third kappa shape index (κ3) is 3.72. The van der Waals surface area contributed by atoms with Crippen molar-refractivity contribution in [3.05, 3.63) is 46.7 Å². The molecular weight excluding hydrogens is 262 g/mol. The molecule has 1 aromatic heterocycles. The minimum atomic E-state index is 0.656. The van der Waals surface area contributed by atoms with Gasteiger partial charge < -0.3 is 14.6 Å². The SMILES string of the molecule is COCCn1cc(C)nc1NCc1ccccc1Cl. The number of methoxy groups -OCH3 is 1. The molecule has 1 heterocycles. The molecule has 0 fully saturated rings. The quantitative estimate of drug-likeness (QED) is 0.883. The predicted octanol–water partition coefficient (Wildman–Crippen LogP) is 3.10. The molecule has 0 aliphatic rings. The lowest BCUT2D eigenvalue weighted by Crippen LogP contribution is -2.10. The van der Waals surface area contributed by atoms with Crippen molar-refractivity contribution in [2.75, 3.05) is 19.0 Å². The van der Waals surface area contributed by atoms with Gasteiger partial charge in [-0.3, -0.25) is 0 Å². The van der Waals surface area contributed by atoms with Crippen LogP contribution in [0.5, 0.6) is 0 Å². The maximum Gasteiger partial charge on any atom is 0.203 e. The van der Waals surface area contributed by atoms with Crippen LogP contribution in [0.4, 0.5) is 5.95 Å². The largest absolute Gasteiger partial charge is 0.383 e. The third-order valence-electron chi connectivity index (χ3n) is 2.83. The number of imidazole rings is 1. The van der Waals surface area contributed by atoms with Gasteiger partial charge >= 0.3 is 0 Å². The summed E-state index contributed by atoms with van der Waals surface area (Å²) in [5.74, 6) is 0.842. The summed E-state index contributed by atoms with van der Waals surface area (Å²) in [4.78, 5) is 4.46. The molecule has 0 unspecified atom stereocenters. The van der Waals surface area contributed by atoms with Gasteiger partial charge in [-0.25, -0.2) is 4.98 Å². The Bertz CT molecular complexity index is 539. The molecule has 0 spiro atoms. The van der Waals surface area contributed by atoms with Crippen LogP contribution in [0.3, 0.4) is 0 Å². The smallest absolute Gasteiger partial charge is 0.203 e. The van der Waals surface area contributed by atoms with E-state index in [4.69, 9.17) is 16.3 Å². The Labute approximate surface area is 118 Å². The zero-order valence-electron chi connectivity index (χ0n) is 11.2. The molecule has 0 aliphatic carbocycles. The molecule has 0 saturated heterocycles. The first-order valence-electron chi connectivity index (χ1n) is 6.20. The van der Waals surface area contributed by atoms with Gasteiger partial charge in [0.25, 0.3) is 0 Å². The highest BCUT2D eigenvalue weighted by Crippen LogP contribution is 2.17. The normalized spacial score (nSPS) is 10.7. The van der Waals surface area contributed by atoms with Gasteiger partial charge in [-0.05, 0) is 18.6 Å². The van der Waals surface area contributed by atoms with Gasteiger partial charge in [0.1, 0.15) is 0 Å². The van der Waals surface area contributed by atoms with Gasteiger partial charge in [-0.2, -0.15) is 0 Å². The van der Waals surface area contributed by atoms with Crippen LogP contribution in [0.25, 0.3) is 0 Å². The van der Waals surface area contributed by atoms with Crippen LogP contribution >= 0.6 is 11.6 Å². The van der Waals surface area contributed by atoms with Crippen LogP contribution in [0.1, 0.15) is 11.3 Å². The zero-order chi connectivity index (χ0) is 13.7. The van der Waals surface area contributed by atoms with Crippen molar-refractivity contribution in [3.8, 4) is 0 Å². The van der Waals surface area contributed by atoms with Gasteiger partial charge in [0.15, 0.2) is 0 Å². The summed E-state index contributed by atoms with van der Waals surface area (Å²) < 4.78 is 7.15. The van der Waals surface area contributed by atoms with Gasteiger partial charge in [0.2, 0.25) is 5.95 Å². The monoisotopic (exact) mass is 279 g/mol. The third-order valence-corrected chi connectivity index (χ3v) is 3.20. The van der Waals surface area contributed by atoms with E-state index in [0.29, 0.717) is 13.2 Å². The molecule has 0 bridgehead atoms.